The molecule has 0 aromatic heterocycles. The molecule has 1 heterocycles. The quantitative estimate of drug-likeness (QED) is 0.340. The van der Waals surface area contributed by atoms with Gasteiger partial charge in [-0.25, -0.2) is 0 Å². The molecule has 0 radical (unpaired) electrons. The molecule has 1 aromatic rings. The Morgan fingerprint density at radius 1 is 1.47 bits per heavy atom. The number of nitrogens with zero attached hydrogens (tertiary/aromatic N) is 3. The van der Waals surface area contributed by atoms with Crippen molar-refractivity contribution in [2.24, 2.45) is 10.2 Å². The van der Waals surface area contributed by atoms with Crippen molar-refractivity contribution in [1.82, 2.24) is 0 Å². The molecule has 76 valence electrons. The molecule has 0 spiro atoms. The molecule has 0 bridgehead atoms. The number of fused-ring (bicyclic) bond motifs is 1. The van der Waals surface area contributed by atoms with Crippen molar-refractivity contribution < 1.29 is 9.72 Å². The van der Waals surface area contributed by atoms with Crippen LogP contribution in [0.25, 0.3) is 0 Å². The maximum atomic E-state index is 11.3. The van der Waals surface area contributed by atoms with E-state index in [9.17, 15) is 14.9 Å². The highest BCUT2D eigenvalue weighted by molar-refractivity contribution is 9.09. The first-order chi connectivity index (χ1) is 7.11. The Bertz CT molecular complexity index is 486. The molecule has 7 heteroatoms. The number of benzene rings is 1. The lowest BCUT2D eigenvalue weighted by Gasteiger charge is -2.12. The molecule has 1 unspecified atom stereocenters. The van der Waals surface area contributed by atoms with E-state index in [0.717, 1.165) is 0 Å². The molecule has 1 aliphatic heterocycles. The number of amides is 1. The van der Waals surface area contributed by atoms with Crippen LogP contribution in [0, 0.1) is 10.1 Å². The van der Waals surface area contributed by atoms with Gasteiger partial charge in [0.2, 0.25) is 0 Å². The average molecular weight is 270 g/mol. The van der Waals surface area contributed by atoms with Gasteiger partial charge in [-0.2, -0.15) is 5.11 Å². The van der Waals surface area contributed by atoms with Crippen molar-refractivity contribution in [3.05, 3.63) is 39.4 Å². The summed E-state index contributed by atoms with van der Waals surface area (Å²) in [4.78, 5) is 20.9. The van der Waals surface area contributed by atoms with Gasteiger partial charge in [0.25, 0.3) is 11.6 Å². The van der Waals surface area contributed by atoms with E-state index in [1.807, 2.05) is 0 Å². The summed E-state index contributed by atoms with van der Waals surface area (Å²) in [7, 11) is 0. The molecule has 0 saturated heterocycles. The highest BCUT2D eigenvalue weighted by Crippen LogP contribution is 2.37. The summed E-state index contributed by atoms with van der Waals surface area (Å²) >= 11 is 3.12. The fraction of sp³-hybridized carbons (Fsp3) is 0.125. The molecule has 6 nitrogen and oxygen atoms in total. The van der Waals surface area contributed by atoms with Crippen molar-refractivity contribution in [3.8, 4) is 0 Å². The zero-order valence-corrected chi connectivity index (χ0v) is 8.84. The first-order valence-electron chi connectivity index (χ1n) is 3.98. The number of hydrogen-bond donors (Lipinski definition) is 0. The smallest absolute Gasteiger partial charge is 0.265 e. The molecule has 1 amide bonds. The number of halogens is 1. The van der Waals surface area contributed by atoms with Gasteiger partial charge in [0.05, 0.1) is 16.1 Å². The lowest BCUT2D eigenvalue weighted by atomic mass is 10.0. The topological polar surface area (TPSA) is 84.9 Å². The monoisotopic (exact) mass is 269 g/mol. The minimum absolute atomic E-state index is 0.124. The molecule has 15 heavy (non-hydrogen) atoms. The summed E-state index contributed by atoms with van der Waals surface area (Å²) < 4.78 is 0. The summed E-state index contributed by atoms with van der Waals surface area (Å²) in [5.74, 6) is -0.551. The van der Waals surface area contributed by atoms with Crippen molar-refractivity contribution in [2.45, 2.75) is 4.95 Å². The van der Waals surface area contributed by atoms with Gasteiger partial charge in [-0.3, -0.25) is 14.9 Å². The number of alkyl halides is 1. The molecule has 0 aliphatic carbocycles. The van der Waals surface area contributed by atoms with Crippen LogP contribution in [0.1, 0.15) is 20.9 Å². The van der Waals surface area contributed by atoms with Crippen LogP contribution in [0.4, 0.5) is 5.69 Å². The van der Waals surface area contributed by atoms with E-state index in [1.54, 1.807) is 0 Å². The Hall–Kier alpha value is -1.63. The van der Waals surface area contributed by atoms with Gasteiger partial charge in [0.1, 0.15) is 0 Å². The van der Waals surface area contributed by atoms with E-state index >= 15 is 0 Å². The van der Waals surface area contributed by atoms with Gasteiger partial charge in [-0.05, 0) is 6.07 Å². The Kier molecular flexibility index (Phi) is 2.31. The Labute approximate surface area is 92.3 Å². The first kappa shape index (κ1) is 9.91. The third kappa shape index (κ3) is 1.54. The second kappa shape index (κ2) is 3.50. The lowest BCUT2D eigenvalue weighted by molar-refractivity contribution is -0.385. The summed E-state index contributed by atoms with van der Waals surface area (Å²) in [5.41, 5.74) is 0.366. The predicted octanol–water partition coefficient (Wildman–Crippen LogP) is 2.59. The van der Waals surface area contributed by atoms with Crippen molar-refractivity contribution in [3.63, 3.8) is 0 Å². The molecule has 0 fully saturated rings. The van der Waals surface area contributed by atoms with Gasteiger partial charge in [-0.1, -0.05) is 22.0 Å². The SMILES string of the molecule is O=C1N=NC(Br)c2c1cccc2[N+](=O)[O-]. The molecular formula is C8H4BrN3O3. The lowest BCUT2D eigenvalue weighted by Crippen LogP contribution is -2.09. The zero-order valence-electron chi connectivity index (χ0n) is 7.25. The third-order valence-corrected chi connectivity index (χ3v) is 2.64. The van der Waals surface area contributed by atoms with Crippen molar-refractivity contribution >= 4 is 27.5 Å². The van der Waals surface area contributed by atoms with Gasteiger partial charge < -0.3 is 0 Å². The summed E-state index contributed by atoms with van der Waals surface area (Å²) in [5, 5.41) is 17.7. The second-order valence-corrected chi connectivity index (χ2v) is 3.72. The number of nitro benzene ring substituents is 1. The summed E-state index contributed by atoms with van der Waals surface area (Å²) in [6, 6.07) is 4.29. The Balaban J connectivity index is 2.70. The van der Waals surface area contributed by atoms with Crippen LogP contribution < -0.4 is 0 Å². The minimum atomic E-state index is -0.633. The molecule has 2 rings (SSSR count). The fourth-order valence-electron chi connectivity index (χ4n) is 1.36. The summed E-state index contributed by atoms with van der Waals surface area (Å²) in [6.07, 6.45) is 0. The highest BCUT2D eigenvalue weighted by Gasteiger charge is 2.29. The van der Waals surface area contributed by atoms with Crippen LogP contribution in [0.15, 0.2) is 28.4 Å². The molecule has 1 aromatic carbocycles. The molecule has 1 aliphatic rings. The second-order valence-electron chi connectivity index (χ2n) is 2.85. The number of carbonyl (C=O) groups is 1. The average Bonchev–Trinajstić information content (AvgIpc) is 2.23. The largest absolute Gasteiger partial charge is 0.295 e. The summed E-state index contributed by atoms with van der Waals surface area (Å²) in [6.45, 7) is 0. The first-order valence-corrected chi connectivity index (χ1v) is 4.89. The maximum absolute atomic E-state index is 11.3. The van der Waals surface area contributed by atoms with Crippen LogP contribution in [0.5, 0.6) is 0 Å². The highest BCUT2D eigenvalue weighted by atomic mass is 79.9. The van der Waals surface area contributed by atoms with E-state index < -0.39 is 15.8 Å². The van der Waals surface area contributed by atoms with Crippen LogP contribution in [0.2, 0.25) is 0 Å². The van der Waals surface area contributed by atoms with E-state index in [0.29, 0.717) is 0 Å². The zero-order chi connectivity index (χ0) is 11.0. The maximum Gasteiger partial charge on any atom is 0.295 e. The number of rotatable bonds is 1. The molecule has 0 N–H and O–H groups in total. The van der Waals surface area contributed by atoms with Crippen LogP contribution in [-0.2, 0) is 0 Å². The third-order valence-electron chi connectivity index (χ3n) is 2.00. The predicted molar refractivity (Wildman–Crippen MR) is 54.0 cm³/mol. The van der Waals surface area contributed by atoms with Crippen molar-refractivity contribution in [2.75, 3.05) is 0 Å². The number of carbonyl (C=O) groups excluding carboxylic acids is 1. The fourth-order valence-corrected chi connectivity index (χ4v) is 1.94. The van der Waals surface area contributed by atoms with Gasteiger partial charge in [-0.15, -0.1) is 5.11 Å². The normalized spacial score (nSPS) is 18.7. The van der Waals surface area contributed by atoms with Crippen LogP contribution in [0.3, 0.4) is 0 Å². The molecule has 1 atom stereocenters. The van der Waals surface area contributed by atoms with E-state index in [1.165, 1.54) is 18.2 Å². The number of nitro groups is 1. The van der Waals surface area contributed by atoms with Gasteiger partial charge in [0.15, 0.2) is 4.95 Å². The number of hydrogen-bond acceptors (Lipinski definition) is 4. The van der Waals surface area contributed by atoms with Crippen LogP contribution >= 0.6 is 15.9 Å². The van der Waals surface area contributed by atoms with Gasteiger partial charge in [0, 0.05) is 6.07 Å². The van der Waals surface area contributed by atoms with E-state index in [4.69, 9.17) is 0 Å². The molecule has 0 saturated carbocycles. The van der Waals surface area contributed by atoms with E-state index in [-0.39, 0.29) is 16.8 Å². The number of azo groups is 1. The Morgan fingerprint density at radius 3 is 2.87 bits per heavy atom. The van der Waals surface area contributed by atoms with Crippen LogP contribution in [-0.4, -0.2) is 10.8 Å². The minimum Gasteiger partial charge on any atom is -0.265 e. The standard InChI is InChI=1S/C8H4BrN3O3/c9-7-6-4(8(13)11-10-7)2-1-3-5(6)12(14)15/h1-3,7H. The van der Waals surface area contributed by atoms with Crippen molar-refractivity contribution in [1.29, 1.82) is 0 Å². The van der Waals surface area contributed by atoms with E-state index in [2.05, 4.69) is 26.2 Å². The van der Waals surface area contributed by atoms with Gasteiger partial charge >= 0.3 is 0 Å². The molecular weight excluding hydrogens is 266 g/mol. The Morgan fingerprint density at radius 2 is 2.20 bits per heavy atom.